The van der Waals surface area contributed by atoms with E-state index >= 15 is 0 Å². The van der Waals surface area contributed by atoms with Crippen LogP contribution in [-0.4, -0.2) is 57.7 Å². The van der Waals surface area contributed by atoms with Crippen molar-refractivity contribution in [3.8, 4) is 0 Å². The number of morpholine rings is 1. The maximum Gasteiger partial charge on any atom is 0.334 e. The van der Waals surface area contributed by atoms with Crippen LogP contribution in [-0.2, 0) is 9.53 Å². The van der Waals surface area contributed by atoms with Gasteiger partial charge in [0.25, 0.3) is 5.91 Å². The van der Waals surface area contributed by atoms with Gasteiger partial charge in [0.2, 0.25) is 0 Å². The molecule has 0 unspecified atom stereocenters. The van der Waals surface area contributed by atoms with E-state index in [-0.39, 0.29) is 25.3 Å². The number of hydrogen-bond acceptors (Lipinski definition) is 5. The predicted molar refractivity (Wildman–Crippen MR) is 82.2 cm³/mol. The molecule has 0 radical (unpaired) electrons. The van der Waals surface area contributed by atoms with Crippen molar-refractivity contribution in [3.63, 3.8) is 0 Å². The zero-order chi connectivity index (χ0) is 17.4. The minimum Gasteiger partial charge on any atom is -0.479 e. The van der Waals surface area contributed by atoms with Gasteiger partial charge in [-0.25, -0.2) is 19.2 Å². The lowest BCUT2D eigenvalue weighted by Gasteiger charge is -2.31. The summed E-state index contributed by atoms with van der Waals surface area (Å²) >= 11 is 0. The molecule has 1 saturated heterocycles. The molecule has 1 N–H and O–H groups in total. The second-order valence-corrected chi connectivity index (χ2v) is 5.66. The molecule has 2 heterocycles. The van der Waals surface area contributed by atoms with Crippen molar-refractivity contribution in [2.24, 2.45) is 0 Å². The zero-order valence-corrected chi connectivity index (χ0v) is 13.2. The number of ether oxygens (including phenoxy) is 1. The fourth-order valence-electron chi connectivity index (χ4n) is 2.61. The van der Waals surface area contributed by atoms with Gasteiger partial charge in [-0.2, -0.15) is 0 Å². The number of halogens is 1. The standard InChI is InChI=1S/C16H16FN3O4/c1-8-9(2)19-14-11(5-10(17)6-12(14)18-8)15(21)20-3-4-24-13(7-20)16(22)23/h5-6,13H,3-4,7H2,1-2H3,(H,22,23)/t13-/m0/s1. The van der Waals surface area contributed by atoms with Crippen molar-refractivity contribution in [1.82, 2.24) is 14.9 Å². The third-order valence-corrected chi connectivity index (χ3v) is 4.01. The highest BCUT2D eigenvalue weighted by Gasteiger charge is 2.30. The van der Waals surface area contributed by atoms with Gasteiger partial charge in [-0.15, -0.1) is 0 Å². The van der Waals surface area contributed by atoms with E-state index in [1.165, 1.54) is 11.0 Å². The highest BCUT2D eigenvalue weighted by Crippen LogP contribution is 2.21. The highest BCUT2D eigenvalue weighted by molar-refractivity contribution is 6.05. The van der Waals surface area contributed by atoms with Gasteiger partial charge < -0.3 is 14.7 Å². The van der Waals surface area contributed by atoms with E-state index in [2.05, 4.69) is 9.97 Å². The van der Waals surface area contributed by atoms with Crippen LogP contribution in [0.2, 0.25) is 0 Å². The minimum atomic E-state index is -1.14. The maximum absolute atomic E-state index is 13.9. The molecule has 126 valence electrons. The Balaban J connectivity index is 2.03. The van der Waals surface area contributed by atoms with Crippen molar-refractivity contribution < 1.29 is 23.8 Å². The van der Waals surface area contributed by atoms with Gasteiger partial charge in [0.05, 0.1) is 35.6 Å². The molecule has 0 saturated carbocycles. The second kappa shape index (κ2) is 6.12. The smallest absolute Gasteiger partial charge is 0.334 e. The van der Waals surface area contributed by atoms with Gasteiger partial charge in [-0.1, -0.05) is 0 Å². The van der Waals surface area contributed by atoms with E-state index in [1.807, 2.05) is 0 Å². The largest absolute Gasteiger partial charge is 0.479 e. The van der Waals surface area contributed by atoms with Gasteiger partial charge in [0.15, 0.2) is 6.10 Å². The molecule has 1 atom stereocenters. The van der Waals surface area contributed by atoms with Gasteiger partial charge in [-0.05, 0) is 19.9 Å². The summed E-state index contributed by atoms with van der Waals surface area (Å²) in [5.74, 6) is -2.21. The SMILES string of the molecule is Cc1nc2cc(F)cc(C(=O)N3CCO[C@H](C(=O)O)C3)c2nc1C. The average molecular weight is 333 g/mol. The Kier molecular flexibility index (Phi) is 4.15. The molecule has 24 heavy (non-hydrogen) atoms. The maximum atomic E-state index is 13.9. The second-order valence-electron chi connectivity index (χ2n) is 5.66. The molecule has 1 amide bonds. The van der Waals surface area contributed by atoms with E-state index in [0.717, 1.165) is 6.07 Å². The molecule has 2 aromatic rings. The number of carbonyl (C=O) groups excluding carboxylic acids is 1. The molecule has 1 aliphatic heterocycles. The normalized spacial score (nSPS) is 18.0. The summed E-state index contributed by atoms with van der Waals surface area (Å²) in [6.07, 6.45) is -1.09. The molecule has 7 nitrogen and oxygen atoms in total. The van der Waals surface area contributed by atoms with Crippen LogP contribution in [0.3, 0.4) is 0 Å². The predicted octanol–water partition coefficient (Wildman–Crippen LogP) is 1.31. The lowest BCUT2D eigenvalue weighted by atomic mass is 10.1. The summed E-state index contributed by atoms with van der Waals surface area (Å²) in [6.45, 7) is 3.77. The van der Waals surface area contributed by atoms with Crippen molar-refractivity contribution in [2.45, 2.75) is 20.0 Å². The molecule has 8 heteroatoms. The lowest BCUT2D eigenvalue weighted by molar-refractivity contribution is -0.154. The van der Waals surface area contributed by atoms with E-state index in [9.17, 15) is 14.0 Å². The van der Waals surface area contributed by atoms with Crippen LogP contribution in [0, 0.1) is 19.7 Å². The topological polar surface area (TPSA) is 92.6 Å². The average Bonchev–Trinajstić information content (AvgIpc) is 2.55. The van der Waals surface area contributed by atoms with Crippen LogP contribution >= 0.6 is 0 Å². The van der Waals surface area contributed by atoms with Crippen molar-refractivity contribution >= 4 is 22.9 Å². The number of carbonyl (C=O) groups is 2. The summed E-state index contributed by atoms with van der Waals surface area (Å²) in [6, 6.07) is 2.34. The van der Waals surface area contributed by atoms with E-state index in [1.54, 1.807) is 13.8 Å². The highest BCUT2D eigenvalue weighted by atomic mass is 19.1. The van der Waals surface area contributed by atoms with Gasteiger partial charge in [-0.3, -0.25) is 4.79 Å². The summed E-state index contributed by atoms with van der Waals surface area (Å²) in [7, 11) is 0. The molecule has 1 aliphatic rings. The number of fused-ring (bicyclic) bond motifs is 1. The molecule has 1 aromatic carbocycles. The number of hydrogen-bond donors (Lipinski definition) is 1. The number of carboxylic acid groups (broad SMARTS) is 1. The van der Waals surface area contributed by atoms with Crippen molar-refractivity contribution in [3.05, 3.63) is 34.9 Å². The quantitative estimate of drug-likeness (QED) is 0.891. The van der Waals surface area contributed by atoms with Crippen molar-refractivity contribution in [1.29, 1.82) is 0 Å². The Hall–Kier alpha value is -2.61. The van der Waals surface area contributed by atoms with Crippen LogP contribution < -0.4 is 0 Å². The van der Waals surface area contributed by atoms with Gasteiger partial charge >= 0.3 is 5.97 Å². The fraction of sp³-hybridized carbons (Fsp3) is 0.375. The summed E-state index contributed by atoms with van der Waals surface area (Å²) in [4.78, 5) is 33.8. The molecule has 1 fully saturated rings. The number of nitrogens with zero attached hydrogens (tertiary/aromatic N) is 3. The summed E-state index contributed by atoms with van der Waals surface area (Å²) in [5.41, 5.74) is 1.98. The summed E-state index contributed by atoms with van der Waals surface area (Å²) < 4.78 is 19.0. The lowest BCUT2D eigenvalue weighted by Crippen LogP contribution is -2.48. The summed E-state index contributed by atoms with van der Waals surface area (Å²) in [5, 5.41) is 9.05. The first-order valence-electron chi connectivity index (χ1n) is 7.45. The van der Waals surface area contributed by atoms with Crippen LogP contribution in [0.4, 0.5) is 4.39 Å². The van der Waals surface area contributed by atoms with E-state index in [0.29, 0.717) is 22.4 Å². The van der Waals surface area contributed by atoms with Crippen LogP contribution in [0.1, 0.15) is 21.7 Å². The molecule has 0 aliphatic carbocycles. The molecule has 0 bridgehead atoms. The number of carboxylic acids is 1. The molecular weight excluding hydrogens is 317 g/mol. The Morgan fingerprint density at radius 1 is 1.29 bits per heavy atom. The van der Waals surface area contributed by atoms with Crippen LogP contribution in [0.25, 0.3) is 11.0 Å². The van der Waals surface area contributed by atoms with Gasteiger partial charge in [0.1, 0.15) is 11.3 Å². The molecule has 3 rings (SSSR count). The third kappa shape index (κ3) is 2.92. The monoisotopic (exact) mass is 333 g/mol. The Bertz CT molecular complexity index is 840. The van der Waals surface area contributed by atoms with E-state index in [4.69, 9.17) is 9.84 Å². The molecule has 0 spiro atoms. The number of aromatic nitrogens is 2. The first kappa shape index (κ1) is 16.3. The Morgan fingerprint density at radius 3 is 2.71 bits per heavy atom. The zero-order valence-electron chi connectivity index (χ0n) is 13.2. The van der Waals surface area contributed by atoms with E-state index < -0.39 is 23.8 Å². The number of benzene rings is 1. The first-order valence-corrected chi connectivity index (χ1v) is 7.45. The fourth-order valence-corrected chi connectivity index (χ4v) is 2.61. The first-order chi connectivity index (χ1) is 11.4. The number of rotatable bonds is 2. The third-order valence-electron chi connectivity index (χ3n) is 4.01. The number of aryl methyl sites for hydroxylation is 2. The number of amides is 1. The van der Waals surface area contributed by atoms with Gasteiger partial charge in [0, 0.05) is 12.6 Å². The van der Waals surface area contributed by atoms with Crippen LogP contribution in [0.15, 0.2) is 12.1 Å². The molecular formula is C16H16FN3O4. The Labute approximate surface area is 137 Å². The van der Waals surface area contributed by atoms with Crippen LogP contribution in [0.5, 0.6) is 0 Å². The van der Waals surface area contributed by atoms with Crippen molar-refractivity contribution in [2.75, 3.05) is 19.7 Å². The molecule has 1 aromatic heterocycles. The Morgan fingerprint density at radius 2 is 2.00 bits per heavy atom. The number of aliphatic carboxylic acids is 1. The minimum absolute atomic E-state index is 0.0756.